The molecule has 6 bridgehead atoms. The average molecular weight is 466 g/mol. The molecule has 9 heteroatoms. The van der Waals surface area contributed by atoms with Gasteiger partial charge in [-0.1, -0.05) is 36.4 Å². The summed E-state index contributed by atoms with van der Waals surface area (Å²) in [4.78, 5) is 40.1. The molecule has 9 nitrogen and oxygen atoms in total. The van der Waals surface area contributed by atoms with E-state index >= 15 is 0 Å². The molecule has 2 unspecified atom stereocenters. The first-order valence-corrected chi connectivity index (χ1v) is 11.3. The van der Waals surface area contributed by atoms with Crippen molar-refractivity contribution in [3.05, 3.63) is 82.4 Å². The zero-order chi connectivity index (χ0) is 23.8. The maximum atomic E-state index is 13.4. The number of rotatable bonds is 5. The molecule has 4 aromatic rings. The Balaban J connectivity index is 1.57. The van der Waals surface area contributed by atoms with Crippen LogP contribution in [0.25, 0.3) is 22.2 Å². The molecule has 4 aliphatic rings. The number of nitrogens with zero attached hydrogens (tertiary/aromatic N) is 3. The predicted molar refractivity (Wildman–Crippen MR) is 126 cm³/mol. The summed E-state index contributed by atoms with van der Waals surface area (Å²) < 4.78 is 7.71. The topological polar surface area (TPSA) is 115 Å². The van der Waals surface area contributed by atoms with Gasteiger partial charge in [0.2, 0.25) is 12.0 Å². The van der Waals surface area contributed by atoms with Crippen LogP contribution in [0.15, 0.2) is 59.6 Å². The number of amidine groups is 1. The van der Waals surface area contributed by atoms with Crippen LogP contribution in [-0.2, 0) is 4.84 Å². The number of aromatic nitrogens is 2. The fraction of sp³-hybridized carbons (Fsp3) is 0.154. The molecule has 1 aromatic heterocycles. The van der Waals surface area contributed by atoms with Crippen LogP contribution in [0.3, 0.4) is 0 Å². The summed E-state index contributed by atoms with van der Waals surface area (Å²) in [6.07, 6.45) is -0.959. The van der Waals surface area contributed by atoms with Crippen molar-refractivity contribution in [3.8, 4) is 17.1 Å². The number of carboxylic acid groups (broad SMARTS) is 1. The quantitative estimate of drug-likeness (QED) is 0.407. The molecule has 2 aliphatic heterocycles. The van der Waals surface area contributed by atoms with E-state index in [1.165, 1.54) is 0 Å². The number of carboxylic acids is 1. The lowest BCUT2D eigenvalue weighted by molar-refractivity contribution is 0.0324. The zero-order valence-corrected chi connectivity index (χ0v) is 18.5. The number of fused-ring (bicyclic) bond motifs is 3. The molecule has 172 valence electrons. The second-order valence-corrected chi connectivity index (χ2v) is 8.53. The minimum atomic E-state index is -1.06. The second kappa shape index (κ2) is 7.00. The van der Waals surface area contributed by atoms with Gasteiger partial charge in [0.15, 0.2) is 5.84 Å². The van der Waals surface area contributed by atoms with Crippen molar-refractivity contribution in [2.75, 3.05) is 6.61 Å². The van der Waals surface area contributed by atoms with Crippen LogP contribution >= 0.6 is 0 Å². The molecule has 2 atom stereocenters. The molecule has 0 spiro atoms. The van der Waals surface area contributed by atoms with E-state index in [0.29, 0.717) is 35.0 Å². The smallest absolute Gasteiger partial charge is 0.337 e. The number of aromatic carboxylic acids is 1. The summed E-state index contributed by atoms with van der Waals surface area (Å²) in [6, 6.07) is 16.5. The number of nitrogens with one attached hydrogen (secondary N) is 1. The highest BCUT2D eigenvalue weighted by Crippen LogP contribution is 2.54. The predicted octanol–water partition coefficient (Wildman–Crippen LogP) is 3.56. The molecule has 3 heterocycles. The van der Waals surface area contributed by atoms with E-state index in [9.17, 15) is 14.7 Å². The summed E-state index contributed by atoms with van der Waals surface area (Å²) >= 11 is 0. The number of hydrogen-bond acceptors (Lipinski definition) is 7. The second-order valence-electron chi connectivity index (χ2n) is 8.53. The first-order valence-electron chi connectivity index (χ1n) is 11.3. The minimum absolute atomic E-state index is 0.113. The normalized spacial score (nSPS) is 19.1. The number of benzene rings is 3. The lowest BCUT2D eigenvalue weighted by atomic mass is 9.70. The summed E-state index contributed by atoms with van der Waals surface area (Å²) in [5, 5.41) is 9.97. The van der Waals surface area contributed by atoms with Crippen molar-refractivity contribution < 1.29 is 24.3 Å². The Bertz CT molecular complexity index is 1620. The van der Waals surface area contributed by atoms with Crippen LogP contribution in [-0.4, -0.2) is 45.1 Å². The van der Waals surface area contributed by atoms with E-state index in [1.807, 2.05) is 43.3 Å². The van der Waals surface area contributed by atoms with Crippen molar-refractivity contribution in [1.29, 1.82) is 0 Å². The van der Waals surface area contributed by atoms with Gasteiger partial charge in [0.05, 0.1) is 29.2 Å². The van der Waals surface area contributed by atoms with Gasteiger partial charge in [-0.3, -0.25) is 9.36 Å². The van der Waals surface area contributed by atoms with Gasteiger partial charge in [0.25, 0.3) is 6.01 Å². The third-order valence-electron chi connectivity index (χ3n) is 6.72. The average Bonchev–Trinajstić information content (AvgIpc) is 3.47. The van der Waals surface area contributed by atoms with E-state index < -0.39 is 18.2 Å². The number of para-hydroxylation sites is 1. The van der Waals surface area contributed by atoms with Crippen molar-refractivity contribution in [2.45, 2.75) is 19.2 Å². The highest BCUT2D eigenvalue weighted by Gasteiger charge is 2.49. The fourth-order valence-electron chi connectivity index (χ4n) is 5.34. The third-order valence-corrected chi connectivity index (χ3v) is 6.72. The summed E-state index contributed by atoms with van der Waals surface area (Å²) in [5.41, 5.74) is 8.66. The SMILES string of the molecule is CCOc1nc2cccc(C(=O)O)c2n1C1c2c3cc(-c4ccccc4)c1c2C1=NC(ON1)C3=O. The molecule has 3 aromatic carbocycles. The third kappa shape index (κ3) is 2.55. The number of carbonyl (C=O) groups is 2. The van der Waals surface area contributed by atoms with Crippen LogP contribution in [0.2, 0.25) is 0 Å². The van der Waals surface area contributed by atoms with Crippen LogP contribution in [0, 0.1) is 0 Å². The van der Waals surface area contributed by atoms with Crippen LogP contribution in [0.1, 0.15) is 50.4 Å². The van der Waals surface area contributed by atoms with E-state index in [0.717, 1.165) is 27.8 Å². The Morgan fingerprint density at radius 3 is 2.71 bits per heavy atom. The van der Waals surface area contributed by atoms with Gasteiger partial charge < -0.3 is 9.84 Å². The van der Waals surface area contributed by atoms with Crippen molar-refractivity contribution in [1.82, 2.24) is 15.0 Å². The largest absolute Gasteiger partial charge is 0.478 e. The Hall–Kier alpha value is -4.50. The molecule has 2 N–H and O–H groups in total. The first kappa shape index (κ1) is 19.9. The van der Waals surface area contributed by atoms with Crippen LogP contribution in [0.4, 0.5) is 0 Å². The number of imidazole rings is 1. The Labute approximate surface area is 198 Å². The maximum absolute atomic E-state index is 13.4. The Morgan fingerprint density at radius 1 is 1.14 bits per heavy atom. The highest BCUT2D eigenvalue weighted by molar-refractivity contribution is 6.17. The van der Waals surface area contributed by atoms with Gasteiger partial charge in [0, 0.05) is 16.7 Å². The van der Waals surface area contributed by atoms with Crippen molar-refractivity contribution in [2.24, 2.45) is 4.99 Å². The van der Waals surface area contributed by atoms with Gasteiger partial charge in [0.1, 0.15) is 0 Å². The molecule has 0 saturated heterocycles. The van der Waals surface area contributed by atoms with Gasteiger partial charge in [-0.15, -0.1) is 0 Å². The number of hydroxylamine groups is 1. The molecular weight excluding hydrogens is 448 g/mol. The summed E-state index contributed by atoms with van der Waals surface area (Å²) in [5.74, 6) is -0.817. The number of aliphatic imine (C=N–C) groups is 1. The van der Waals surface area contributed by atoms with E-state index in [-0.39, 0.29) is 11.3 Å². The number of Topliss-reactive ketones (excluding diaryl/α,β-unsaturated/α-hetero) is 1. The van der Waals surface area contributed by atoms with Gasteiger partial charge in [-0.25, -0.2) is 20.1 Å². The lowest BCUT2D eigenvalue weighted by Gasteiger charge is -2.39. The molecule has 0 amide bonds. The van der Waals surface area contributed by atoms with Crippen LogP contribution < -0.4 is 10.2 Å². The molecule has 0 saturated carbocycles. The maximum Gasteiger partial charge on any atom is 0.337 e. The van der Waals surface area contributed by atoms with E-state index in [1.54, 1.807) is 22.8 Å². The number of carbonyl (C=O) groups excluding carboxylic acids is 1. The minimum Gasteiger partial charge on any atom is -0.478 e. The lowest BCUT2D eigenvalue weighted by Crippen LogP contribution is -2.38. The molecule has 2 aliphatic carbocycles. The van der Waals surface area contributed by atoms with Crippen molar-refractivity contribution >= 4 is 28.6 Å². The van der Waals surface area contributed by atoms with Gasteiger partial charge >= 0.3 is 5.97 Å². The number of ketones is 1. The number of ether oxygens (including phenoxy) is 1. The van der Waals surface area contributed by atoms with Gasteiger partial charge in [-0.05, 0) is 41.8 Å². The van der Waals surface area contributed by atoms with Crippen LogP contribution in [0.5, 0.6) is 6.01 Å². The van der Waals surface area contributed by atoms with Gasteiger partial charge in [-0.2, -0.15) is 4.98 Å². The molecule has 0 fully saturated rings. The number of hydrogen-bond donors (Lipinski definition) is 2. The highest BCUT2D eigenvalue weighted by atomic mass is 16.7. The molecule has 0 radical (unpaired) electrons. The molecule has 8 rings (SSSR count). The zero-order valence-electron chi connectivity index (χ0n) is 18.5. The Morgan fingerprint density at radius 2 is 1.94 bits per heavy atom. The monoisotopic (exact) mass is 466 g/mol. The standard InChI is InChI=1S/C26H18N4O5/c1-2-34-26-27-16-10-6-9-13(25(32)33)20(16)30(26)21-17-14(12-7-4-3-5-8-12)11-15-18(21)19(17)23-28-24(22(15)31)35-29-23/h3-11,21,24H,2H2,1H3,(H,28,29)(H,32,33). The van der Waals surface area contributed by atoms with E-state index in [4.69, 9.17) is 9.57 Å². The van der Waals surface area contributed by atoms with E-state index in [2.05, 4.69) is 15.5 Å². The molecular formula is C26H18N4O5. The first-order chi connectivity index (χ1) is 17.1. The molecule has 35 heavy (non-hydrogen) atoms. The fourth-order valence-corrected chi connectivity index (χ4v) is 5.34. The summed E-state index contributed by atoms with van der Waals surface area (Å²) in [7, 11) is 0. The Kier molecular flexibility index (Phi) is 3.99. The summed E-state index contributed by atoms with van der Waals surface area (Å²) in [6.45, 7) is 2.20. The van der Waals surface area contributed by atoms with Crippen molar-refractivity contribution in [3.63, 3.8) is 0 Å².